The van der Waals surface area contributed by atoms with Gasteiger partial charge in [0.2, 0.25) is 28.7 Å². The van der Waals surface area contributed by atoms with Crippen LogP contribution in [0.3, 0.4) is 0 Å². The summed E-state index contributed by atoms with van der Waals surface area (Å²) in [4.78, 5) is 77.3. The largest absolute Gasteiger partial charge is 0.504 e. The highest BCUT2D eigenvalue weighted by molar-refractivity contribution is 5.98. The Morgan fingerprint density at radius 3 is 1.17 bits per heavy atom. The molecule has 0 amide bonds. The van der Waals surface area contributed by atoms with E-state index in [2.05, 4.69) is 10.9 Å². The first-order valence-corrected chi connectivity index (χ1v) is 21.1. The summed E-state index contributed by atoms with van der Waals surface area (Å²) in [6.45, 7) is 0. The quantitative estimate of drug-likeness (QED) is 0.0383. The minimum Gasteiger partial charge on any atom is -0.504 e. The zero-order valence-electron chi connectivity index (χ0n) is 37.4. The lowest BCUT2D eigenvalue weighted by atomic mass is 9.98. The number of halogens is 3. The highest BCUT2D eigenvalue weighted by atomic mass is 19.4. The summed E-state index contributed by atoms with van der Waals surface area (Å²) in [7, 11) is 0. The van der Waals surface area contributed by atoms with E-state index in [0.29, 0.717) is 54.6 Å². The van der Waals surface area contributed by atoms with Crippen LogP contribution in [0.1, 0.15) is 75.8 Å². The van der Waals surface area contributed by atoms with Gasteiger partial charge in [-0.05, 0) is 91.6 Å². The van der Waals surface area contributed by atoms with Gasteiger partial charge in [0.05, 0.1) is 33.4 Å². The summed E-state index contributed by atoms with van der Waals surface area (Å²) in [5.74, 6) is -24.3. The maximum absolute atomic E-state index is 13.5. The summed E-state index contributed by atoms with van der Waals surface area (Å²) in [6.07, 6.45) is -4.45. The molecule has 6 aromatic carbocycles. The summed E-state index contributed by atoms with van der Waals surface area (Å²) in [5, 5.41) is 113. The SMILES string of the molecule is O=C(O)c1cc(O)c(O)c(OC(=O)c2cc(O)c(O)c(OC(=O)c3cc(O)c(O)c(OC(=O)c4cc(O)c(O)c(OC(=O)c5cc(O)c(O)c(OC(=O)C6CC(CCc7ccccc7C(F)(F)F)NN6)c5)c4)c3)c2)c1. The smallest absolute Gasteiger partial charge is 0.416 e. The number of nitrogens with one attached hydrogen (secondary N) is 2. The van der Waals surface area contributed by atoms with Crippen LogP contribution in [0.25, 0.3) is 0 Å². The van der Waals surface area contributed by atoms with Crippen molar-refractivity contribution in [3.05, 3.63) is 124 Å². The van der Waals surface area contributed by atoms with Crippen molar-refractivity contribution in [1.29, 1.82) is 0 Å². The van der Waals surface area contributed by atoms with Crippen molar-refractivity contribution in [2.75, 3.05) is 0 Å². The molecule has 0 bridgehead atoms. The number of hydrogen-bond acceptors (Lipinski definition) is 23. The van der Waals surface area contributed by atoms with Crippen LogP contribution in [-0.2, 0) is 17.4 Å². The number of phenolic OH excluding ortho intramolecular Hbond substituents is 10. The zero-order valence-corrected chi connectivity index (χ0v) is 37.4. The molecule has 1 saturated heterocycles. The number of carboxylic acid groups (broad SMARTS) is 1. The molecule has 24 nitrogen and oxygen atoms in total. The number of benzene rings is 6. The van der Waals surface area contributed by atoms with E-state index in [4.69, 9.17) is 23.7 Å². The van der Waals surface area contributed by atoms with E-state index in [-0.39, 0.29) is 24.8 Å². The minimum absolute atomic E-state index is 0.00373. The van der Waals surface area contributed by atoms with Crippen LogP contribution in [0.2, 0.25) is 0 Å². The topological polar surface area (TPSA) is 395 Å². The Morgan fingerprint density at radius 1 is 0.480 bits per heavy atom. The van der Waals surface area contributed by atoms with Crippen molar-refractivity contribution in [2.45, 2.75) is 37.5 Å². The molecular formula is C48H35F3N2O22. The van der Waals surface area contributed by atoms with Crippen molar-refractivity contribution in [2.24, 2.45) is 0 Å². The number of hydrogen-bond donors (Lipinski definition) is 13. The summed E-state index contributed by atoms with van der Waals surface area (Å²) < 4.78 is 65.8. The zero-order chi connectivity index (χ0) is 54.8. The number of carbonyl (C=O) groups is 6. The standard InChI is InChI=1S/C48H35F3N2O22/c49-48(50,51)25-4-2-1-3-18(25)5-6-24-17-26(53-52-24)47(70)75-36-16-23(11-31(58)41(36)63)46(69)74-35-15-22(10-30(57)40(35)62)45(68)73-34-14-21(9-29(56)39(34)61)44(67)72-33-13-20(8-28(55)38(33)60)43(66)71-32-12-19(42(64)65)7-27(54)37(32)59/h1-4,7-16,24,26,52-63H,5-6,17H2,(H,64,65). The Labute approximate surface area is 415 Å². The first-order valence-electron chi connectivity index (χ1n) is 21.1. The molecule has 0 radical (unpaired) electrons. The molecular weight excluding hydrogens is 1010 g/mol. The highest BCUT2D eigenvalue weighted by Gasteiger charge is 2.35. The summed E-state index contributed by atoms with van der Waals surface area (Å²) >= 11 is 0. The molecule has 7 rings (SSSR count). The Morgan fingerprint density at radius 2 is 0.813 bits per heavy atom. The number of esters is 5. The molecule has 2 atom stereocenters. The lowest BCUT2D eigenvalue weighted by molar-refractivity contribution is -0.138. The molecule has 0 aliphatic carbocycles. The highest BCUT2D eigenvalue weighted by Crippen LogP contribution is 2.44. The van der Waals surface area contributed by atoms with E-state index in [1.165, 1.54) is 18.2 Å². The number of alkyl halides is 3. The van der Waals surface area contributed by atoms with Gasteiger partial charge in [-0.3, -0.25) is 5.43 Å². The van der Waals surface area contributed by atoms with Crippen LogP contribution in [0.15, 0.2) is 84.9 Å². The number of hydrazine groups is 1. The third-order valence-corrected chi connectivity index (χ3v) is 10.8. The van der Waals surface area contributed by atoms with Crippen molar-refractivity contribution in [3.8, 4) is 86.2 Å². The minimum atomic E-state index is -4.59. The van der Waals surface area contributed by atoms with Gasteiger partial charge in [-0.2, -0.15) is 13.2 Å². The van der Waals surface area contributed by atoms with Gasteiger partial charge in [-0.25, -0.2) is 34.2 Å². The third kappa shape index (κ3) is 11.6. The van der Waals surface area contributed by atoms with Crippen molar-refractivity contribution in [1.82, 2.24) is 10.9 Å². The molecule has 1 aliphatic heterocycles. The Bertz CT molecular complexity index is 3340. The number of phenols is 10. The maximum atomic E-state index is 13.5. The van der Waals surface area contributed by atoms with Gasteiger partial charge in [0.25, 0.3) is 0 Å². The number of carboxylic acids is 1. The molecule has 13 N–H and O–H groups in total. The van der Waals surface area contributed by atoms with E-state index in [9.17, 15) is 98.1 Å². The summed E-state index contributed by atoms with van der Waals surface area (Å²) in [5.41, 5.74) is 1.11. The van der Waals surface area contributed by atoms with Crippen LogP contribution in [0, 0.1) is 0 Å². The Kier molecular flexibility index (Phi) is 14.7. The molecule has 1 aliphatic rings. The average molecular weight is 1050 g/mol. The molecule has 0 spiro atoms. The Hall–Kier alpha value is -10.2. The third-order valence-electron chi connectivity index (χ3n) is 10.8. The van der Waals surface area contributed by atoms with Gasteiger partial charge in [-0.1, -0.05) is 18.2 Å². The van der Waals surface area contributed by atoms with E-state index in [1.807, 2.05) is 0 Å². The first-order chi connectivity index (χ1) is 35.3. The molecule has 6 aromatic rings. The fraction of sp³-hybridized carbons (Fsp3) is 0.125. The molecule has 390 valence electrons. The van der Waals surface area contributed by atoms with Crippen molar-refractivity contribution in [3.63, 3.8) is 0 Å². The molecule has 27 heteroatoms. The number of aryl methyl sites for hydroxylation is 1. The monoisotopic (exact) mass is 1050 g/mol. The Balaban J connectivity index is 1.02. The molecule has 0 aromatic heterocycles. The molecule has 0 saturated carbocycles. The van der Waals surface area contributed by atoms with E-state index < -0.39 is 174 Å². The van der Waals surface area contributed by atoms with Crippen LogP contribution >= 0.6 is 0 Å². The van der Waals surface area contributed by atoms with Gasteiger partial charge in [0, 0.05) is 6.04 Å². The fourth-order valence-electron chi connectivity index (χ4n) is 7.07. The normalized spacial score (nSPS) is 14.1. The summed E-state index contributed by atoms with van der Waals surface area (Å²) in [6, 6.07) is 9.56. The van der Waals surface area contributed by atoms with E-state index >= 15 is 0 Å². The number of carbonyl (C=O) groups excluding carboxylic acids is 5. The second-order valence-electron chi connectivity index (χ2n) is 16.0. The van der Waals surface area contributed by atoms with Crippen molar-refractivity contribution >= 4 is 35.8 Å². The average Bonchev–Trinajstić information content (AvgIpc) is 3.84. The van der Waals surface area contributed by atoms with E-state index in [1.54, 1.807) is 0 Å². The second-order valence-corrected chi connectivity index (χ2v) is 16.0. The van der Waals surface area contributed by atoms with Crippen LogP contribution < -0.4 is 34.5 Å². The molecule has 1 fully saturated rings. The van der Waals surface area contributed by atoms with Crippen LogP contribution in [-0.4, -0.2) is 104 Å². The van der Waals surface area contributed by atoms with Crippen molar-refractivity contribution < 1.29 is 122 Å². The number of ether oxygens (including phenoxy) is 5. The van der Waals surface area contributed by atoms with Crippen LogP contribution in [0.4, 0.5) is 13.2 Å². The second kappa shape index (κ2) is 20.9. The maximum Gasteiger partial charge on any atom is 0.416 e. The lowest BCUT2D eigenvalue weighted by Gasteiger charge is -2.15. The van der Waals surface area contributed by atoms with Gasteiger partial charge in [-0.15, -0.1) is 0 Å². The molecule has 2 unspecified atom stereocenters. The van der Waals surface area contributed by atoms with Gasteiger partial charge in [0.15, 0.2) is 57.5 Å². The fourth-order valence-corrected chi connectivity index (χ4v) is 7.07. The van der Waals surface area contributed by atoms with Crippen LogP contribution in [0.5, 0.6) is 86.2 Å². The number of rotatable bonds is 14. The van der Waals surface area contributed by atoms with E-state index in [0.717, 1.165) is 12.1 Å². The number of aromatic hydroxyl groups is 10. The predicted molar refractivity (Wildman–Crippen MR) is 240 cm³/mol. The predicted octanol–water partition coefficient (Wildman–Crippen LogP) is 5.11. The molecule has 75 heavy (non-hydrogen) atoms. The number of aromatic carboxylic acids is 1. The molecule has 1 heterocycles. The van der Waals surface area contributed by atoms with Gasteiger partial charge >= 0.3 is 42.0 Å². The van der Waals surface area contributed by atoms with Gasteiger partial charge in [0.1, 0.15) is 6.04 Å². The van der Waals surface area contributed by atoms with Gasteiger partial charge < -0.3 is 79.9 Å². The first kappa shape index (κ1) is 52.7. The lowest BCUT2D eigenvalue weighted by Crippen LogP contribution is -2.39.